The third kappa shape index (κ3) is 3.89. The van der Waals surface area contributed by atoms with Crippen molar-refractivity contribution in [3.05, 3.63) is 60.1 Å². The Hall–Kier alpha value is -3.62. The highest BCUT2D eigenvalue weighted by Crippen LogP contribution is 2.15. The number of rotatable bonds is 7. The molecule has 1 saturated heterocycles. The highest BCUT2D eigenvalue weighted by molar-refractivity contribution is 5.88. The van der Waals surface area contributed by atoms with Crippen molar-refractivity contribution in [3.8, 4) is 0 Å². The quantitative estimate of drug-likeness (QED) is 0.588. The Labute approximate surface area is 149 Å². The maximum atomic E-state index is 12.4. The summed E-state index contributed by atoms with van der Waals surface area (Å²) in [6.45, 7) is 0.493. The lowest BCUT2D eigenvalue weighted by molar-refractivity contribution is -0.129. The summed E-state index contributed by atoms with van der Waals surface area (Å²) in [5.41, 5.74) is 4.41. The SMILES string of the molecule is O=CNC(C(=O)[N]N1CCN(N=Cc2ccco2)C1=O)c1ccccc1. The number of amides is 4. The Morgan fingerprint density at radius 3 is 2.62 bits per heavy atom. The predicted molar refractivity (Wildman–Crippen MR) is 90.6 cm³/mol. The van der Waals surface area contributed by atoms with Crippen LogP contribution in [0.5, 0.6) is 0 Å². The lowest BCUT2D eigenvalue weighted by Gasteiger charge is -2.18. The lowest BCUT2D eigenvalue weighted by Crippen LogP contribution is -2.43. The zero-order chi connectivity index (χ0) is 18.4. The van der Waals surface area contributed by atoms with Crippen molar-refractivity contribution in [1.82, 2.24) is 20.8 Å². The molecule has 0 bridgehead atoms. The van der Waals surface area contributed by atoms with Gasteiger partial charge in [0.25, 0.3) is 5.91 Å². The molecule has 0 spiro atoms. The average molecular weight is 354 g/mol. The molecule has 2 heterocycles. The molecule has 1 N–H and O–H groups in total. The number of nitrogens with one attached hydrogen (secondary N) is 1. The van der Waals surface area contributed by atoms with Crippen LogP contribution in [0.25, 0.3) is 0 Å². The molecule has 1 aliphatic rings. The van der Waals surface area contributed by atoms with Gasteiger partial charge >= 0.3 is 6.03 Å². The first-order valence-corrected chi connectivity index (χ1v) is 7.85. The number of hydrogen-bond acceptors (Lipinski definition) is 5. The molecule has 2 aromatic rings. The molecule has 1 aromatic heterocycles. The van der Waals surface area contributed by atoms with Crippen molar-refractivity contribution in [3.63, 3.8) is 0 Å². The van der Waals surface area contributed by atoms with Crippen LogP contribution in [-0.2, 0) is 9.59 Å². The summed E-state index contributed by atoms with van der Waals surface area (Å²) in [4.78, 5) is 35.5. The van der Waals surface area contributed by atoms with Crippen LogP contribution in [-0.4, -0.2) is 47.7 Å². The minimum absolute atomic E-state index is 0.211. The van der Waals surface area contributed by atoms with Crippen molar-refractivity contribution in [1.29, 1.82) is 0 Å². The van der Waals surface area contributed by atoms with Crippen molar-refractivity contribution in [2.75, 3.05) is 13.1 Å². The van der Waals surface area contributed by atoms with Gasteiger partial charge in [-0.05, 0) is 17.7 Å². The molecule has 1 aliphatic heterocycles. The van der Waals surface area contributed by atoms with Crippen LogP contribution in [0.1, 0.15) is 17.4 Å². The molecule has 1 aromatic carbocycles. The van der Waals surface area contributed by atoms with Crippen LogP contribution in [0, 0.1) is 0 Å². The number of hydrogen-bond donors (Lipinski definition) is 1. The summed E-state index contributed by atoms with van der Waals surface area (Å²) in [6.07, 6.45) is 3.33. The van der Waals surface area contributed by atoms with E-state index in [2.05, 4.69) is 15.8 Å². The van der Waals surface area contributed by atoms with Gasteiger partial charge in [-0.3, -0.25) is 9.59 Å². The zero-order valence-corrected chi connectivity index (χ0v) is 13.7. The van der Waals surface area contributed by atoms with Gasteiger partial charge in [0.1, 0.15) is 11.8 Å². The summed E-state index contributed by atoms with van der Waals surface area (Å²) >= 11 is 0. The number of hydrazone groups is 1. The number of benzene rings is 1. The molecule has 1 unspecified atom stereocenters. The minimum Gasteiger partial charge on any atom is -0.463 e. The molecule has 1 atom stereocenters. The fraction of sp³-hybridized carbons (Fsp3) is 0.176. The van der Waals surface area contributed by atoms with Gasteiger partial charge in [0.05, 0.1) is 25.6 Å². The molecular weight excluding hydrogens is 338 g/mol. The number of carbonyl (C=O) groups excluding carboxylic acids is 3. The van der Waals surface area contributed by atoms with Gasteiger partial charge in [0, 0.05) is 0 Å². The third-order valence-electron chi connectivity index (χ3n) is 3.67. The Morgan fingerprint density at radius 2 is 1.92 bits per heavy atom. The number of nitrogens with zero attached hydrogens (tertiary/aromatic N) is 4. The molecular formula is C17H16N5O4. The fourth-order valence-corrected chi connectivity index (χ4v) is 2.41. The maximum absolute atomic E-state index is 12.4. The summed E-state index contributed by atoms with van der Waals surface area (Å²) in [6, 6.07) is 10.6. The summed E-state index contributed by atoms with van der Waals surface area (Å²) in [5.74, 6) is -0.142. The highest BCUT2D eigenvalue weighted by atomic mass is 16.3. The topological polar surface area (TPSA) is 109 Å². The normalized spacial score (nSPS) is 15.3. The van der Waals surface area contributed by atoms with Crippen LogP contribution >= 0.6 is 0 Å². The summed E-state index contributed by atoms with van der Waals surface area (Å²) in [7, 11) is 0. The molecule has 9 nitrogen and oxygen atoms in total. The molecule has 9 heteroatoms. The van der Waals surface area contributed by atoms with Crippen molar-refractivity contribution < 1.29 is 18.8 Å². The van der Waals surface area contributed by atoms with E-state index < -0.39 is 18.0 Å². The maximum Gasteiger partial charge on any atom is 0.361 e. The van der Waals surface area contributed by atoms with Crippen LogP contribution in [0.2, 0.25) is 0 Å². The van der Waals surface area contributed by atoms with Gasteiger partial charge < -0.3 is 9.73 Å². The molecule has 4 amide bonds. The van der Waals surface area contributed by atoms with Crippen LogP contribution < -0.4 is 10.7 Å². The smallest absolute Gasteiger partial charge is 0.361 e. The molecule has 26 heavy (non-hydrogen) atoms. The minimum atomic E-state index is -0.956. The number of urea groups is 1. The van der Waals surface area contributed by atoms with E-state index in [1.54, 1.807) is 42.5 Å². The Morgan fingerprint density at radius 1 is 1.15 bits per heavy atom. The average Bonchev–Trinajstić information content (AvgIpc) is 3.29. The second-order valence-corrected chi connectivity index (χ2v) is 5.36. The molecule has 1 fully saturated rings. The molecule has 0 saturated carbocycles. The van der Waals surface area contributed by atoms with Gasteiger partial charge in [-0.2, -0.15) is 5.10 Å². The third-order valence-corrected chi connectivity index (χ3v) is 3.67. The van der Waals surface area contributed by atoms with Gasteiger partial charge in [-0.1, -0.05) is 30.3 Å². The van der Waals surface area contributed by atoms with Crippen LogP contribution in [0.3, 0.4) is 0 Å². The van der Waals surface area contributed by atoms with E-state index in [0.29, 0.717) is 17.7 Å². The standard InChI is InChI=1S/C17H16N5O4/c23-12-18-15(13-5-2-1-3-6-13)16(24)20-22-9-8-21(17(22)25)19-11-14-7-4-10-26-14/h1-7,10-12,15H,8-9H2,(H,18,23). The second-order valence-electron chi connectivity index (χ2n) is 5.36. The van der Waals surface area contributed by atoms with E-state index in [-0.39, 0.29) is 13.1 Å². The molecule has 3 rings (SSSR count). The first kappa shape index (κ1) is 17.2. The van der Waals surface area contributed by atoms with E-state index in [9.17, 15) is 14.4 Å². The van der Waals surface area contributed by atoms with E-state index in [0.717, 1.165) is 5.01 Å². The Kier molecular flexibility index (Phi) is 5.28. The Balaban J connectivity index is 1.63. The van der Waals surface area contributed by atoms with E-state index in [1.165, 1.54) is 17.5 Å². The monoisotopic (exact) mass is 354 g/mol. The number of furan rings is 1. The fourth-order valence-electron chi connectivity index (χ4n) is 2.41. The van der Waals surface area contributed by atoms with E-state index in [1.807, 2.05) is 0 Å². The summed E-state index contributed by atoms with van der Waals surface area (Å²) in [5, 5.41) is 8.67. The van der Waals surface area contributed by atoms with Crippen molar-refractivity contribution in [2.24, 2.45) is 5.10 Å². The largest absolute Gasteiger partial charge is 0.463 e. The van der Waals surface area contributed by atoms with Gasteiger partial charge in [-0.25, -0.2) is 14.8 Å². The molecule has 133 valence electrons. The summed E-state index contributed by atoms with van der Waals surface area (Å²) < 4.78 is 5.11. The first-order chi connectivity index (χ1) is 12.7. The van der Waals surface area contributed by atoms with Gasteiger partial charge in [0.15, 0.2) is 0 Å². The highest BCUT2D eigenvalue weighted by Gasteiger charge is 2.33. The van der Waals surface area contributed by atoms with Crippen LogP contribution in [0.15, 0.2) is 58.2 Å². The van der Waals surface area contributed by atoms with E-state index in [4.69, 9.17) is 4.42 Å². The molecule has 1 radical (unpaired) electrons. The van der Waals surface area contributed by atoms with Gasteiger partial charge in [0.2, 0.25) is 6.41 Å². The lowest BCUT2D eigenvalue weighted by atomic mass is 10.1. The Bertz CT molecular complexity index is 791. The van der Waals surface area contributed by atoms with Gasteiger partial charge in [-0.15, -0.1) is 5.43 Å². The van der Waals surface area contributed by atoms with Crippen molar-refractivity contribution >= 4 is 24.6 Å². The second kappa shape index (κ2) is 7.97. The molecule has 0 aliphatic carbocycles. The van der Waals surface area contributed by atoms with Crippen LogP contribution in [0.4, 0.5) is 4.79 Å². The first-order valence-electron chi connectivity index (χ1n) is 7.85. The number of carbonyl (C=O) groups is 3. The zero-order valence-electron chi connectivity index (χ0n) is 13.7. The predicted octanol–water partition coefficient (Wildman–Crippen LogP) is 0.884. The van der Waals surface area contributed by atoms with Crippen molar-refractivity contribution in [2.45, 2.75) is 6.04 Å². The van der Waals surface area contributed by atoms with E-state index >= 15 is 0 Å².